The molecular weight excluding hydrogens is 591 g/mol. The summed E-state index contributed by atoms with van der Waals surface area (Å²) in [5.41, 5.74) is 1.10. The van der Waals surface area contributed by atoms with E-state index in [0.717, 1.165) is 67.2 Å². The van der Waals surface area contributed by atoms with Crippen LogP contribution in [0.1, 0.15) is 54.4 Å². The minimum Gasteiger partial charge on any atom is -0.352 e. The first-order chi connectivity index (χ1) is 20.8. The summed E-state index contributed by atoms with van der Waals surface area (Å²) in [6, 6.07) is 19.4. The predicted octanol–water partition coefficient (Wildman–Crippen LogP) is 5.87. The predicted molar refractivity (Wildman–Crippen MR) is 164 cm³/mol. The number of halogens is 3. The quantitative estimate of drug-likeness (QED) is 0.288. The zero-order valence-electron chi connectivity index (χ0n) is 24.9. The number of benzene rings is 3. The first-order valence-corrected chi connectivity index (χ1v) is 16.5. The first-order valence-electron chi connectivity index (χ1n) is 14.7. The monoisotopic (exact) mass is 629 g/mol. The Labute approximate surface area is 257 Å². The van der Waals surface area contributed by atoms with E-state index >= 15 is 0 Å². The van der Waals surface area contributed by atoms with Crippen molar-refractivity contribution in [2.45, 2.75) is 70.3 Å². The lowest BCUT2D eigenvalue weighted by molar-refractivity contribution is -0.140. The molecule has 236 valence electrons. The van der Waals surface area contributed by atoms with Crippen molar-refractivity contribution >= 4 is 27.5 Å². The number of carbonyl (C=O) groups is 2. The van der Waals surface area contributed by atoms with Gasteiger partial charge in [0.15, 0.2) is 0 Å². The standard InChI is InChI=1S/C33H38F3N3O4S/c1-24-12-9-10-15-26(24)22-38(30(20-25-13-5-3-6-14-25)32(41)37-28-17-7-4-8-18-28)31(40)23-39(44(2,42)43)29-19-11-16-27(21-29)33(34,35)36/h3,5-6,9-16,19,21,28,30H,4,7-8,17-18,20,22-23H2,1-2H3,(H,37,41). The normalized spacial score (nSPS) is 14.9. The molecule has 11 heteroatoms. The molecule has 0 aromatic heterocycles. The Morgan fingerprint density at radius 3 is 2.23 bits per heavy atom. The zero-order valence-corrected chi connectivity index (χ0v) is 25.7. The molecule has 0 aliphatic heterocycles. The van der Waals surface area contributed by atoms with Crippen molar-refractivity contribution in [3.63, 3.8) is 0 Å². The summed E-state index contributed by atoms with van der Waals surface area (Å²) in [4.78, 5) is 29.6. The lowest BCUT2D eigenvalue weighted by atomic mass is 9.94. The van der Waals surface area contributed by atoms with E-state index in [-0.39, 0.29) is 30.6 Å². The van der Waals surface area contributed by atoms with E-state index in [1.165, 1.54) is 11.0 Å². The second-order valence-corrected chi connectivity index (χ2v) is 13.2. The number of hydrogen-bond acceptors (Lipinski definition) is 4. The Bertz CT molecular complexity index is 1540. The van der Waals surface area contributed by atoms with Crippen LogP contribution < -0.4 is 9.62 Å². The average molecular weight is 630 g/mol. The van der Waals surface area contributed by atoms with Crippen molar-refractivity contribution in [1.82, 2.24) is 10.2 Å². The van der Waals surface area contributed by atoms with Gasteiger partial charge < -0.3 is 10.2 Å². The van der Waals surface area contributed by atoms with Crippen molar-refractivity contribution in [1.29, 1.82) is 0 Å². The molecule has 0 radical (unpaired) electrons. The van der Waals surface area contributed by atoms with Gasteiger partial charge in [-0.2, -0.15) is 13.2 Å². The molecule has 4 rings (SSSR count). The lowest BCUT2D eigenvalue weighted by Gasteiger charge is -2.35. The summed E-state index contributed by atoms with van der Waals surface area (Å²) >= 11 is 0. The van der Waals surface area contributed by atoms with E-state index in [4.69, 9.17) is 0 Å². The minimum atomic E-state index is -4.71. The summed E-state index contributed by atoms with van der Waals surface area (Å²) in [5, 5.41) is 3.12. The van der Waals surface area contributed by atoms with Crippen LogP contribution in [0.5, 0.6) is 0 Å². The van der Waals surface area contributed by atoms with Gasteiger partial charge in [-0.1, -0.05) is 79.9 Å². The highest BCUT2D eigenvalue weighted by molar-refractivity contribution is 7.92. The first kappa shape index (κ1) is 33.0. The molecule has 1 aliphatic rings. The summed E-state index contributed by atoms with van der Waals surface area (Å²) < 4.78 is 67.0. The van der Waals surface area contributed by atoms with Gasteiger partial charge in [0.2, 0.25) is 21.8 Å². The van der Waals surface area contributed by atoms with Crippen molar-refractivity contribution < 1.29 is 31.2 Å². The number of rotatable bonds is 11. The third kappa shape index (κ3) is 8.84. The smallest absolute Gasteiger partial charge is 0.352 e. The fraction of sp³-hybridized carbons (Fsp3) is 0.394. The number of alkyl halides is 3. The van der Waals surface area contributed by atoms with Crippen molar-refractivity contribution in [2.75, 3.05) is 17.1 Å². The van der Waals surface area contributed by atoms with Crippen molar-refractivity contribution in [2.24, 2.45) is 0 Å². The number of carbonyl (C=O) groups excluding carboxylic acids is 2. The van der Waals surface area contributed by atoms with Gasteiger partial charge >= 0.3 is 6.18 Å². The van der Waals surface area contributed by atoms with Gasteiger partial charge in [-0.05, 0) is 54.7 Å². The molecule has 1 unspecified atom stereocenters. The van der Waals surface area contributed by atoms with E-state index in [2.05, 4.69) is 5.32 Å². The highest BCUT2D eigenvalue weighted by Gasteiger charge is 2.35. The second-order valence-electron chi connectivity index (χ2n) is 11.3. The molecule has 1 aliphatic carbocycles. The van der Waals surface area contributed by atoms with Gasteiger partial charge in [-0.15, -0.1) is 0 Å². The molecule has 1 N–H and O–H groups in total. The summed E-state index contributed by atoms with van der Waals surface area (Å²) in [6.45, 7) is 1.09. The minimum absolute atomic E-state index is 0.00128. The molecular formula is C33H38F3N3O4S. The SMILES string of the molecule is Cc1ccccc1CN(C(=O)CN(c1cccc(C(F)(F)F)c1)S(C)(=O)=O)C(Cc1ccccc1)C(=O)NC1CCCCC1. The van der Waals surface area contributed by atoms with Crippen LogP contribution in [0.15, 0.2) is 78.9 Å². The number of nitrogens with zero attached hydrogens (tertiary/aromatic N) is 2. The van der Waals surface area contributed by atoms with Crippen LogP contribution in [0.25, 0.3) is 0 Å². The number of anilines is 1. The van der Waals surface area contributed by atoms with Gasteiger partial charge in [0.05, 0.1) is 17.5 Å². The molecule has 1 atom stereocenters. The summed E-state index contributed by atoms with van der Waals surface area (Å²) in [6.07, 6.45) is 1.01. The Hall–Kier alpha value is -3.86. The Morgan fingerprint density at radius 1 is 0.932 bits per heavy atom. The molecule has 3 aromatic carbocycles. The van der Waals surface area contributed by atoms with Crippen LogP contribution in [-0.2, 0) is 38.8 Å². The topological polar surface area (TPSA) is 86.8 Å². The van der Waals surface area contributed by atoms with Crippen LogP contribution in [0, 0.1) is 6.92 Å². The van der Waals surface area contributed by atoms with Gasteiger partial charge in [0.25, 0.3) is 0 Å². The van der Waals surface area contributed by atoms with Crippen LogP contribution in [0.3, 0.4) is 0 Å². The molecule has 3 aromatic rings. The van der Waals surface area contributed by atoms with Crippen LogP contribution in [0.2, 0.25) is 0 Å². The number of nitrogens with one attached hydrogen (secondary N) is 1. The van der Waals surface area contributed by atoms with Crippen LogP contribution in [0.4, 0.5) is 18.9 Å². The zero-order chi connectivity index (χ0) is 31.9. The van der Waals surface area contributed by atoms with Crippen LogP contribution in [-0.4, -0.2) is 50.0 Å². The van der Waals surface area contributed by atoms with Gasteiger partial charge in [0.1, 0.15) is 12.6 Å². The highest BCUT2D eigenvalue weighted by Crippen LogP contribution is 2.32. The highest BCUT2D eigenvalue weighted by atomic mass is 32.2. The van der Waals surface area contributed by atoms with E-state index in [1.54, 1.807) is 0 Å². The summed E-state index contributed by atoms with van der Waals surface area (Å²) in [7, 11) is -4.20. The molecule has 2 amide bonds. The summed E-state index contributed by atoms with van der Waals surface area (Å²) in [5.74, 6) is -1.07. The fourth-order valence-corrected chi connectivity index (χ4v) is 6.36. The van der Waals surface area contributed by atoms with Crippen molar-refractivity contribution in [3.8, 4) is 0 Å². The molecule has 0 saturated heterocycles. The van der Waals surface area contributed by atoms with Gasteiger partial charge in [-0.3, -0.25) is 13.9 Å². The molecule has 0 bridgehead atoms. The molecule has 44 heavy (non-hydrogen) atoms. The van der Waals surface area contributed by atoms with E-state index in [0.29, 0.717) is 10.4 Å². The largest absolute Gasteiger partial charge is 0.416 e. The van der Waals surface area contributed by atoms with E-state index in [9.17, 15) is 31.2 Å². The fourth-order valence-electron chi connectivity index (χ4n) is 5.52. The Morgan fingerprint density at radius 2 is 1.59 bits per heavy atom. The molecule has 0 heterocycles. The molecule has 1 saturated carbocycles. The Kier molecular flexibility index (Phi) is 10.7. The van der Waals surface area contributed by atoms with Gasteiger partial charge in [0, 0.05) is 19.0 Å². The van der Waals surface area contributed by atoms with Crippen molar-refractivity contribution in [3.05, 3.63) is 101 Å². The Balaban J connectivity index is 1.75. The maximum atomic E-state index is 14.2. The lowest BCUT2D eigenvalue weighted by Crippen LogP contribution is -2.55. The second kappa shape index (κ2) is 14.3. The van der Waals surface area contributed by atoms with E-state index < -0.39 is 40.3 Å². The number of aryl methyl sites for hydroxylation is 1. The molecule has 0 spiro atoms. The third-order valence-electron chi connectivity index (χ3n) is 7.97. The maximum absolute atomic E-state index is 14.2. The van der Waals surface area contributed by atoms with E-state index in [1.807, 2.05) is 61.5 Å². The number of amides is 2. The number of hydrogen-bond donors (Lipinski definition) is 1. The third-order valence-corrected chi connectivity index (χ3v) is 9.11. The molecule has 1 fully saturated rings. The van der Waals surface area contributed by atoms with Gasteiger partial charge in [-0.25, -0.2) is 8.42 Å². The molecule has 7 nitrogen and oxygen atoms in total. The number of sulfonamides is 1. The average Bonchev–Trinajstić information content (AvgIpc) is 2.98. The maximum Gasteiger partial charge on any atom is 0.416 e. The van der Waals surface area contributed by atoms with Crippen LogP contribution >= 0.6 is 0 Å².